The second-order valence-electron chi connectivity index (χ2n) is 6.08. The van der Waals surface area contributed by atoms with Crippen molar-refractivity contribution >= 4 is 35.6 Å². The Kier molecular flexibility index (Phi) is 9.06. The Balaban J connectivity index is 0.00000264. The highest BCUT2D eigenvalue weighted by molar-refractivity contribution is 14.0. The van der Waals surface area contributed by atoms with E-state index >= 15 is 0 Å². The van der Waals surface area contributed by atoms with Crippen LogP contribution in [-0.4, -0.2) is 32.6 Å². The molecule has 0 fully saturated rings. The van der Waals surface area contributed by atoms with Crippen molar-refractivity contribution in [3.8, 4) is 0 Å². The predicted octanol–water partition coefficient (Wildman–Crippen LogP) is 3.39. The summed E-state index contributed by atoms with van der Waals surface area (Å²) in [6, 6.07) is 8.75. The second-order valence-corrected chi connectivity index (χ2v) is 6.08. The van der Waals surface area contributed by atoms with Gasteiger partial charge in [-0.15, -0.1) is 24.0 Å². The zero-order chi connectivity index (χ0) is 15.8. The van der Waals surface area contributed by atoms with Crippen molar-refractivity contribution in [2.75, 3.05) is 31.6 Å². The molecule has 1 aliphatic heterocycles. The second kappa shape index (κ2) is 10.5. The minimum atomic E-state index is 0. The van der Waals surface area contributed by atoms with Crippen molar-refractivity contribution in [1.29, 1.82) is 0 Å². The van der Waals surface area contributed by atoms with Crippen molar-refractivity contribution in [3.05, 3.63) is 42.0 Å². The maximum absolute atomic E-state index is 4.26. The molecule has 5 heteroatoms. The van der Waals surface area contributed by atoms with Crippen LogP contribution in [0, 0.1) is 5.92 Å². The van der Waals surface area contributed by atoms with Gasteiger partial charge in [0.25, 0.3) is 0 Å². The fourth-order valence-corrected chi connectivity index (χ4v) is 2.40. The van der Waals surface area contributed by atoms with Crippen LogP contribution in [0.4, 0.5) is 5.69 Å². The molecule has 23 heavy (non-hydrogen) atoms. The molecule has 2 rings (SSSR count). The molecule has 0 saturated heterocycles. The lowest BCUT2D eigenvalue weighted by Gasteiger charge is -2.18. The van der Waals surface area contributed by atoms with Crippen molar-refractivity contribution in [1.82, 2.24) is 10.6 Å². The van der Waals surface area contributed by atoms with Crippen molar-refractivity contribution < 1.29 is 0 Å². The van der Waals surface area contributed by atoms with Crippen LogP contribution in [0.15, 0.2) is 41.4 Å². The van der Waals surface area contributed by atoms with Gasteiger partial charge in [0.2, 0.25) is 0 Å². The van der Waals surface area contributed by atoms with Gasteiger partial charge >= 0.3 is 0 Å². The molecule has 0 amide bonds. The number of anilines is 1. The predicted molar refractivity (Wildman–Crippen MR) is 111 cm³/mol. The Morgan fingerprint density at radius 3 is 2.35 bits per heavy atom. The molecule has 128 valence electrons. The van der Waals surface area contributed by atoms with Gasteiger partial charge in [-0.05, 0) is 30.0 Å². The average molecular weight is 428 g/mol. The van der Waals surface area contributed by atoms with Gasteiger partial charge in [-0.1, -0.05) is 38.1 Å². The first-order valence-corrected chi connectivity index (χ1v) is 8.12. The van der Waals surface area contributed by atoms with Crippen molar-refractivity contribution in [2.45, 2.75) is 26.8 Å². The third kappa shape index (κ3) is 6.81. The first-order chi connectivity index (χ1) is 10.7. The van der Waals surface area contributed by atoms with Crippen LogP contribution >= 0.6 is 24.0 Å². The van der Waals surface area contributed by atoms with E-state index < -0.39 is 0 Å². The van der Waals surface area contributed by atoms with Gasteiger partial charge in [-0.25, -0.2) is 0 Å². The molecular formula is C18H29IN4. The first-order valence-electron chi connectivity index (χ1n) is 8.12. The minimum Gasteiger partial charge on any atom is -0.364 e. The summed E-state index contributed by atoms with van der Waals surface area (Å²) in [6.07, 6.45) is 5.57. The number of aliphatic imine (C=N–C) groups is 1. The van der Waals surface area contributed by atoms with E-state index in [1.807, 2.05) is 7.05 Å². The highest BCUT2D eigenvalue weighted by atomic mass is 127. The molecule has 0 spiro atoms. The molecule has 4 nitrogen and oxygen atoms in total. The Hall–Kier alpha value is -1.24. The maximum Gasteiger partial charge on any atom is 0.191 e. The molecule has 0 saturated carbocycles. The fourth-order valence-electron chi connectivity index (χ4n) is 2.40. The quantitative estimate of drug-likeness (QED) is 0.316. The number of guanidine groups is 1. The summed E-state index contributed by atoms with van der Waals surface area (Å²) in [5.74, 6) is 1.58. The monoisotopic (exact) mass is 428 g/mol. The van der Waals surface area contributed by atoms with Gasteiger partial charge in [0.05, 0.1) is 0 Å². The molecule has 0 unspecified atom stereocenters. The van der Waals surface area contributed by atoms with Gasteiger partial charge in [-0.3, -0.25) is 4.99 Å². The van der Waals surface area contributed by atoms with E-state index in [1.54, 1.807) is 0 Å². The molecule has 0 aromatic heterocycles. The van der Waals surface area contributed by atoms with E-state index in [0.29, 0.717) is 5.92 Å². The molecule has 0 atom stereocenters. The zero-order valence-electron chi connectivity index (χ0n) is 14.4. The summed E-state index contributed by atoms with van der Waals surface area (Å²) < 4.78 is 0. The molecule has 0 bridgehead atoms. The average Bonchev–Trinajstić information content (AvgIpc) is 3.05. The fraction of sp³-hybridized carbons (Fsp3) is 0.500. The highest BCUT2D eigenvalue weighted by Crippen LogP contribution is 2.17. The topological polar surface area (TPSA) is 39.7 Å². The Morgan fingerprint density at radius 1 is 1.13 bits per heavy atom. The Morgan fingerprint density at radius 2 is 1.78 bits per heavy atom. The number of hydrogen-bond donors (Lipinski definition) is 2. The van der Waals surface area contributed by atoms with Gasteiger partial charge < -0.3 is 15.5 Å². The molecule has 2 N–H and O–H groups in total. The number of benzene rings is 1. The Labute approximate surface area is 157 Å². The van der Waals surface area contributed by atoms with Crippen LogP contribution in [0.1, 0.15) is 25.8 Å². The lowest BCUT2D eigenvalue weighted by atomic mass is 10.1. The molecule has 1 aliphatic rings. The van der Waals surface area contributed by atoms with Crippen LogP contribution in [0.3, 0.4) is 0 Å². The number of rotatable bonds is 6. The van der Waals surface area contributed by atoms with Crippen molar-refractivity contribution in [3.63, 3.8) is 0 Å². The third-order valence-corrected chi connectivity index (χ3v) is 3.82. The summed E-state index contributed by atoms with van der Waals surface area (Å²) in [6.45, 7) is 8.25. The maximum atomic E-state index is 4.26. The van der Waals surface area contributed by atoms with Crippen LogP contribution < -0.4 is 15.5 Å². The molecule has 1 aromatic carbocycles. The SMILES string of the molecule is CN=C(NCCC(C)C)NCc1ccc(N2CC=CC2)cc1.I. The normalized spacial score (nSPS) is 14.1. The number of hydrogen-bond acceptors (Lipinski definition) is 2. The number of nitrogens with one attached hydrogen (secondary N) is 2. The highest BCUT2D eigenvalue weighted by Gasteiger charge is 2.07. The molecule has 0 radical (unpaired) electrons. The van der Waals surface area contributed by atoms with E-state index in [2.05, 4.69) is 70.8 Å². The van der Waals surface area contributed by atoms with Gasteiger partial charge in [0.1, 0.15) is 0 Å². The van der Waals surface area contributed by atoms with Gasteiger partial charge in [-0.2, -0.15) is 0 Å². The lowest BCUT2D eigenvalue weighted by molar-refractivity contribution is 0.573. The van der Waals surface area contributed by atoms with Crippen molar-refractivity contribution in [2.24, 2.45) is 10.9 Å². The summed E-state index contributed by atoms with van der Waals surface area (Å²) in [7, 11) is 1.81. The lowest BCUT2D eigenvalue weighted by Crippen LogP contribution is -2.37. The van der Waals surface area contributed by atoms with E-state index in [9.17, 15) is 0 Å². The zero-order valence-corrected chi connectivity index (χ0v) is 16.7. The Bertz CT molecular complexity index is 500. The van der Waals surface area contributed by atoms with Gasteiger partial charge in [0.15, 0.2) is 5.96 Å². The third-order valence-electron chi connectivity index (χ3n) is 3.82. The van der Waals surface area contributed by atoms with Gasteiger partial charge in [0, 0.05) is 38.9 Å². The summed E-state index contributed by atoms with van der Waals surface area (Å²) in [5.41, 5.74) is 2.55. The molecular weight excluding hydrogens is 399 g/mol. The summed E-state index contributed by atoms with van der Waals surface area (Å²) >= 11 is 0. The summed E-state index contributed by atoms with van der Waals surface area (Å²) in [4.78, 5) is 6.61. The largest absolute Gasteiger partial charge is 0.364 e. The summed E-state index contributed by atoms with van der Waals surface area (Å²) in [5, 5.41) is 6.71. The van der Waals surface area contributed by atoms with E-state index in [-0.39, 0.29) is 24.0 Å². The van der Waals surface area contributed by atoms with E-state index in [0.717, 1.165) is 38.6 Å². The smallest absolute Gasteiger partial charge is 0.191 e. The number of nitrogens with zero attached hydrogens (tertiary/aromatic N) is 2. The standard InChI is InChI=1S/C18H28N4.HI/c1-15(2)10-11-20-18(19-3)21-14-16-6-8-17(9-7-16)22-12-4-5-13-22;/h4-9,15H,10-14H2,1-3H3,(H2,19,20,21);1H. The molecule has 1 aromatic rings. The van der Waals surface area contributed by atoms with Crippen LogP contribution in [-0.2, 0) is 6.54 Å². The molecule has 0 aliphatic carbocycles. The van der Waals surface area contributed by atoms with Crippen LogP contribution in [0.5, 0.6) is 0 Å². The van der Waals surface area contributed by atoms with Crippen LogP contribution in [0.2, 0.25) is 0 Å². The van der Waals surface area contributed by atoms with E-state index in [1.165, 1.54) is 11.3 Å². The number of halogens is 1. The molecule has 1 heterocycles. The van der Waals surface area contributed by atoms with E-state index in [4.69, 9.17) is 0 Å². The minimum absolute atomic E-state index is 0. The first kappa shape index (κ1) is 19.8. The van der Waals surface area contributed by atoms with Crippen LogP contribution in [0.25, 0.3) is 0 Å².